The van der Waals surface area contributed by atoms with Crippen molar-refractivity contribution < 1.29 is 9.53 Å². The van der Waals surface area contributed by atoms with Crippen LogP contribution in [-0.2, 0) is 9.53 Å². The van der Waals surface area contributed by atoms with E-state index in [2.05, 4.69) is 26.6 Å². The Bertz CT molecular complexity index is 977. The lowest BCUT2D eigenvalue weighted by atomic mass is 9.77. The summed E-state index contributed by atoms with van der Waals surface area (Å²) < 4.78 is 5.78. The molecule has 2 unspecified atom stereocenters. The van der Waals surface area contributed by atoms with Crippen molar-refractivity contribution in [1.82, 2.24) is 15.2 Å². The first-order valence-electron chi connectivity index (χ1n) is 9.07. The maximum Gasteiger partial charge on any atom is 0.232 e. The van der Waals surface area contributed by atoms with Gasteiger partial charge in [0, 0.05) is 11.6 Å². The Balaban J connectivity index is 1.53. The first-order chi connectivity index (χ1) is 12.9. The lowest BCUT2D eigenvalue weighted by molar-refractivity contribution is -0.139. The summed E-state index contributed by atoms with van der Waals surface area (Å²) in [4.78, 5) is 18.3. The monoisotopic (exact) mass is 382 g/mol. The van der Waals surface area contributed by atoms with Crippen LogP contribution in [0.3, 0.4) is 0 Å². The molecule has 0 aliphatic carbocycles. The number of carbonyl (C=O) groups excluding carboxylic acids is 1. The van der Waals surface area contributed by atoms with Crippen LogP contribution in [0.5, 0.6) is 0 Å². The van der Waals surface area contributed by atoms with Gasteiger partial charge in [0.15, 0.2) is 5.13 Å². The molecule has 1 aliphatic rings. The second-order valence-electron chi connectivity index (χ2n) is 7.51. The summed E-state index contributed by atoms with van der Waals surface area (Å²) in [7, 11) is 0. The summed E-state index contributed by atoms with van der Waals surface area (Å²) in [6.07, 6.45) is 5.07. The molecule has 1 amide bonds. The zero-order valence-electron chi connectivity index (χ0n) is 15.6. The molecule has 0 bridgehead atoms. The van der Waals surface area contributed by atoms with E-state index in [1.807, 2.05) is 39.0 Å². The normalized spacial score (nSPS) is 25.4. The van der Waals surface area contributed by atoms with Crippen molar-refractivity contribution in [1.29, 1.82) is 0 Å². The van der Waals surface area contributed by atoms with Crippen molar-refractivity contribution in [2.24, 2.45) is 5.41 Å². The number of nitrogens with one attached hydrogen (secondary N) is 1. The molecule has 140 valence electrons. The highest BCUT2D eigenvalue weighted by atomic mass is 32.1. The summed E-state index contributed by atoms with van der Waals surface area (Å²) in [6, 6.07) is 7.94. The van der Waals surface area contributed by atoms with Crippen molar-refractivity contribution in [3.05, 3.63) is 36.7 Å². The molecule has 2 aromatic heterocycles. The number of ether oxygens (including phenoxy) is 1. The number of fused-ring (bicyclic) bond motifs is 1. The highest BCUT2D eigenvalue weighted by molar-refractivity contribution is 7.19. The minimum Gasteiger partial charge on any atom is -0.375 e. The molecule has 4 rings (SSSR count). The van der Waals surface area contributed by atoms with Crippen molar-refractivity contribution in [2.45, 2.75) is 45.8 Å². The van der Waals surface area contributed by atoms with E-state index in [1.54, 1.807) is 12.4 Å². The van der Waals surface area contributed by atoms with E-state index in [9.17, 15) is 4.79 Å². The van der Waals surface area contributed by atoms with E-state index in [4.69, 9.17) is 4.74 Å². The van der Waals surface area contributed by atoms with Crippen LogP contribution < -0.4 is 5.32 Å². The van der Waals surface area contributed by atoms with E-state index >= 15 is 0 Å². The fourth-order valence-electron chi connectivity index (χ4n) is 3.89. The molecule has 0 spiro atoms. The van der Waals surface area contributed by atoms with Crippen LogP contribution in [-0.4, -0.2) is 33.3 Å². The van der Waals surface area contributed by atoms with Crippen LogP contribution in [0.15, 0.2) is 36.7 Å². The van der Waals surface area contributed by atoms with Crippen LogP contribution in [0.4, 0.5) is 5.13 Å². The Morgan fingerprint density at radius 3 is 2.81 bits per heavy atom. The van der Waals surface area contributed by atoms with Crippen LogP contribution in [0.25, 0.3) is 21.3 Å². The van der Waals surface area contributed by atoms with Gasteiger partial charge in [0.05, 0.1) is 34.2 Å². The number of thiazole rings is 1. The molecular weight excluding hydrogens is 360 g/mol. The smallest absolute Gasteiger partial charge is 0.232 e. The molecule has 0 radical (unpaired) electrons. The van der Waals surface area contributed by atoms with Crippen LogP contribution >= 0.6 is 11.3 Å². The van der Waals surface area contributed by atoms with Gasteiger partial charge in [0.1, 0.15) is 0 Å². The number of benzene rings is 1. The van der Waals surface area contributed by atoms with Gasteiger partial charge in [-0.2, -0.15) is 10.2 Å². The largest absolute Gasteiger partial charge is 0.375 e. The zero-order chi connectivity index (χ0) is 19.0. The number of anilines is 1. The number of rotatable bonds is 3. The quantitative estimate of drug-likeness (QED) is 0.731. The first kappa shape index (κ1) is 18.0. The molecule has 1 fully saturated rings. The summed E-state index contributed by atoms with van der Waals surface area (Å²) >= 11 is 1.48. The van der Waals surface area contributed by atoms with E-state index in [1.165, 1.54) is 11.3 Å². The molecule has 27 heavy (non-hydrogen) atoms. The van der Waals surface area contributed by atoms with Gasteiger partial charge in [-0.15, -0.1) is 0 Å². The third-order valence-corrected chi connectivity index (χ3v) is 5.98. The maximum atomic E-state index is 12.9. The second-order valence-corrected chi connectivity index (χ2v) is 8.55. The lowest BCUT2D eigenvalue weighted by Gasteiger charge is -2.38. The molecule has 3 heterocycles. The third-order valence-electron chi connectivity index (χ3n) is 5.01. The zero-order valence-corrected chi connectivity index (χ0v) is 16.4. The van der Waals surface area contributed by atoms with E-state index < -0.39 is 5.41 Å². The van der Waals surface area contributed by atoms with E-state index in [0.29, 0.717) is 18.0 Å². The molecule has 1 aromatic carbocycles. The van der Waals surface area contributed by atoms with Gasteiger partial charge >= 0.3 is 0 Å². The Morgan fingerprint density at radius 1 is 1.26 bits per heavy atom. The summed E-state index contributed by atoms with van der Waals surface area (Å²) in [5.41, 5.74) is 1.47. The topological polar surface area (TPSA) is 77.0 Å². The molecule has 2 atom stereocenters. The summed E-state index contributed by atoms with van der Waals surface area (Å²) in [5.74, 6) is 0.0131. The Labute approximate surface area is 162 Å². The molecule has 1 N–H and O–H groups in total. The molecular formula is C20H22N4O2S. The van der Waals surface area contributed by atoms with Crippen molar-refractivity contribution in [2.75, 3.05) is 5.32 Å². The highest BCUT2D eigenvalue weighted by Crippen LogP contribution is 2.38. The molecule has 0 saturated carbocycles. The average Bonchev–Trinajstić information content (AvgIpc) is 3.08. The Morgan fingerprint density at radius 2 is 2.04 bits per heavy atom. The third kappa shape index (κ3) is 3.70. The van der Waals surface area contributed by atoms with Crippen LogP contribution in [0.2, 0.25) is 0 Å². The van der Waals surface area contributed by atoms with E-state index in [0.717, 1.165) is 21.3 Å². The van der Waals surface area contributed by atoms with Gasteiger partial charge < -0.3 is 10.1 Å². The maximum absolute atomic E-state index is 12.9. The molecule has 3 aromatic rings. The second kappa shape index (κ2) is 6.98. The average molecular weight is 382 g/mol. The number of carbonyl (C=O) groups is 1. The minimum atomic E-state index is -0.440. The first-order valence-corrected chi connectivity index (χ1v) is 9.89. The lowest BCUT2D eigenvalue weighted by Crippen LogP contribution is -2.44. The number of nitrogens with zero attached hydrogens (tertiary/aromatic N) is 3. The highest BCUT2D eigenvalue weighted by Gasteiger charge is 2.41. The van der Waals surface area contributed by atoms with Crippen molar-refractivity contribution in [3.63, 3.8) is 0 Å². The van der Waals surface area contributed by atoms with Gasteiger partial charge in [-0.3, -0.25) is 4.79 Å². The Kier molecular flexibility index (Phi) is 4.65. The molecule has 7 heteroatoms. The number of aromatic nitrogens is 3. The fourth-order valence-corrected chi connectivity index (χ4v) is 4.69. The summed E-state index contributed by atoms with van der Waals surface area (Å²) in [5, 5.41) is 12.7. The minimum absolute atomic E-state index is 0.0131. The molecule has 1 saturated heterocycles. The number of hydrogen-bond donors (Lipinski definition) is 1. The van der Waals surface area contributed by atoms with Crippen LogP contribution in [0, 0.1) is 5.41 Å². The van der Waals surface area contributed by atoms with Gasteiger partial charge in [-0.1, -0.05) is 24.3 Å². The van der Waals surface area contributed by atoms with Gasteiger partial charge in [0.2, 0.25) is 5.91 Å². The summed E-state index contributed by atoms with van der Waals surface area (Å²) in [6.45, 7) is 6.05. The predicted octanol–water partition coefficient (Wildman–Crippen LogP) is 4.29. The SMILES string of the molecule is CC1CC(C)(C(=O)Nc2ncc(-c3ccc4nnccc4c3)s2)CC(C)O1. The van der Waals surface area contributed by atoms with Gasteiger partial charge in [0.25, 0.3) is 0 Å². The van der Waals surface area contributed by atoms with E-state index in [-0.39, 0.29) is 18.1 Å². The van der Waals surface area contributed by atoms with Gasteiger partial charge in [-0.25, -0.2) is 4.98 Å². The predicted molar refractivity (Wildman–Crippen MR) is 107 cm³/mol. The van der Waals surface area contributed by atoms with Gasteiger partial charge in [-0.05, 0) is 50.5 Å². The van der Waals surface area contributed by atoms with Crippen molar-refractivity contribution in [3.8, 4) is 10.4 Å². The number of hydrogen-bond acceptors (Lipinski definition) is 6. The molecule has 6 nitrogen and oxygen atoms in total. The van der Waals surface area contributed by atoms with Crippen molar-refractivity contribution >= 4 is 33.3 Å². The Hall–Kier alpha value is -2.38. The van der Waals surface area contributed by atoms with Crippen LogP contribution in [0.1, 0.15) is 33.6 Å². The standard InChI is InChI=1S/C20H22N4O2S/c1-12-9-20(3,10-13(2)26-12)18(25)23-19-21-11-17(27-19)15-4-5-16-14(8-15)6-7-22-24-16/h4-8,11-13H,9-10H2,1-3H3,(H,21,23,25). The molecule has 1 aliphatic heterocycles. The number of amides is 1. The fraction of sp³-hybridized carbons (Fsp3) is 0.400.